The van der Waals surface area contributed by atoms with Crippen molar-refractivity contribution in [3.63, 3.8) is 0 Å². The maximum atomic E-state index is 12.2. The van der Waals surface area contributed by atoms with E-state index in [1.807, 2.05) is 0 Å². The van der Waals surface area contributed by atoms with Gasteiger partial charge in [0, 0.05) is 41.7 Å². The Morgan fingerprint density at radius 1 is 1.17 bits per heavy atom. The van der Waals surface area contributed by atoms with Gasteiger partial charge in [-0.2, -0.15) is 0 Å². The van der Waals surface area contributed by atoms with Crippen LogP contribution in [0.5, 0.6) is 5.75 Å². The molecule has 0 radical (unpaired) electrons. The first kappa shape index (κ1) is 20.9. The lowest BCUT2D eigenvalue weighted by molar-refractivity contribution is -0.117. The van der Waals surface area contributed by atoms with Crippen LogP contribution in [0.1, 0.15) is 29.6 Å². The molecule has 1 aliphatic heterocycles. The predicted molar refractivity (Wildman–Crippen MR) is 114 cm³/mol. The number of ether oxygens (including phenoxy) is 1. The highest BCUT2D eigenvalue weighted by Gasteiger charge is 2.24. The van der Waals surface area contributed by atoms with Crippen molar-refractivity contribution in [1.82, 2.24) is 5.32 Å². The Morgan fingerprint density at radius 3 is 2.59 bits per heavy atom. The highest BCUT2D eigenvalue weighted by molar-refractivity contribution is 9.10. The molecule has 0 saturated carbocycles. The Balaban J connectivity index is 1.55. The van der Waals surface area contributed by atoms with E-state index in [9.17, 15) is 14.4 Å². The average Bonchev–Trinajstić information content (AvgIpc) is 3.14. The molecule has 8 heteroatoms. The van der Waals surface area contributed by atoms with Crippen molar-refractivity contribution < 1.29 is 19.1 Å². The van der Waals surface area contributed by atoms with Gasteiger partial charge >= 0.3 is 0 Å². The molecule has 1 aliphatic rings. The molecule has 2 aromatic rings. The lowest BCUT2D eigenvalue weighted by atomic mass is 10.2. The predicted octanol–water partition coefficient (Wildman–Crippen LogP) is 3.34. The van der Waals surface area contributed by atoms with Gasteiger partial charge in [-0.15, -0.1) is 0 Å². The summed E-state index contributed by atoms with van der Waals surface area (Å²) in [6.07, 6.45) is 1.45. The molecular weight excluding hydrogens is 438 g/mol. The van der Waals surface area contributed by atoms with Crippen molar-refractivity contribution in [3.8, 4) is 5.75 Å². The fourth-order valence-electron chi connectivity index (χ4n) is 3.10. The molecule has 0 atom stereocenters. The number of hydrogen-bond acceptors (Lipinski definition) is 4. The monoisotopic (exact) mass is 459 g/mol. The van der Waals surface area contributed by atoms with Crippen molar-refractivity contribution in [2.45, 2.75) is 19.3 Å². The van der Waals surface area contributed by atoms with E-state index in [1.165, 1.54) is 0 Å². The van der Waals surface area contributed by atoms with E-state index in [0.29, 0.717) is 35.7 Å². The summed E-state index contributed by atoms with van der Waals surface area (Å²) in [5.41, 5.74) is 1.75. The number of methoxy groups -OCH3 is 1. The van der Waals surface area contributed by atoms with Crippen LogP contribution in [0.4, 0.5) is 11.4 Å². The molecule has 7 nitrogen and oxygen atoms in total. The van der Waals surface area contributed by atoms with Gasteiger partial charge in [-0.3, -0.25) is 14.4 Å². The van der Waals surface area contributed by atoms with Crippen LogP contribution in [0.25, 0.3) is 0 Å². The van der Waals surface area contributed by atoms with Gasteiger partial charge in [0.25, 0.3) is 5.91 Å². The van der Waals surface area contributed by atoms with Crippen LogP contribution in [-0.2, 0) is 9.59 Å². The van der Waals surface area contributed by atoms with E-state index in [0.717, 1.165) is 10.9 Å². The molecule has 0 spiro atoms. The van der Waals surface area contributed by atoms with E-state index in [1.54, 1.807) is 54.5 Å². The van der Waals surface area contributed by atoms with Crippen molar-refractivity contribution in [2.75, 3.05) is 30.4 Å². The topological polar surface area (TPSA) is 87.7 Å². The Morgan fingerprint density at radius 2 is 1.93 bits per heavy atom. The first-order valence-corrected chi connectivity index (χ1v) is 10.1. The van der Waals surface area contributed by atoms with Gasteiger partial charge in [0.15, 0.2) is 0 Å². The van der Waals surface area contributed by atoms with E-state index < -0.39 is 0 Å². The van der Waals surface area contributed by atoms with Crippen LogP contribution >= 0.6 is 15.9 Å². The lowest BCUT2D eigenvalue weighted by Gasteiger charge is -2.20. The Kier molecular flexibility index (Phi) is 6.87. The van der Waals surface area contributed by atoms with Crippen molar-refractivity contribution in [3.05, 3.63) is 52.5 Å². The van der Waals surface area contributed by atoms with E-state index in [4.69, 9.17) is 4.74 Å². The number of hydrogen-bond donors (Lipinski definition) is 2. The zero-order valence-corrected chi connectivity index (χ0v) is 17.6. The minimum atomic E-state index is -0.232. The average molecular weight is 460 g/mol. The summed E-state index contributed by atoms with van der Waals surface area (Å²) < 4.78 is 6.24. The summed E-state index contributed by atoms with van der Waals surface area (Å²) in [7, 11) is 1.55. The molecule has 2 N–H and O–H groups in total. The van der Waals surface area contributed by atoms with Crippen LogP contribution in [0.3, 0.4) is 0 Å². The molecular formula is C21H22BrN3O4. The van der Waals surface area contributed by atoms with E-state index in [2.05, 4.69) is 26.6 Å². The van der Waals surface area contributed by atoms with Crippen LogP contribution in [0.2, 0.25) is 0 Å². The summed E-state index contributed by atoms with van der Waals surface area (Å²) in [6.45, 7) is 0.850. The summed E-state index contributed by atoms with van der Waals surface area (Å²) in [5, 5.41) is 5.53. The fourth-order valence-corrected chi connectivity index (χ4v) is 3.36. The molecule has 0 bridgehead atoms. The Bertz CT molecular complexity index is 915. The summed E-state index contributed by atoms with van der Waals surface area (Å²) >= 11 is 3.32. The van der Waals surface area contributed by atoms with Gasteiger partial charge in [0.05, 0.1) is 12.8 Å². The van der Waals surface area contributed by atoms with Gasteiger partial charge in [-0.05, 0) is 48.9 Å². The van der Waals surface area contributed by atoms with Crippen molar-refractivity contribution >= 4 is 45.0 Å². The quantitative estimate of drug-likeness (QED) is 0.664. The number of carbonyl (C=O) groups excluding carboxylic acids is 3. The summed E-state index contributed by atoms with van der Waals surface area (Å²) in [6, 6.07) is 12.2. The number of nitrogens with one attached hydrogen (secondary N) is 2. The second kappa shape index (κ2) is 9.56. The Labute approximate surface area is 177 Å². The third kappa shape index (κ3) is 5.35. The number of rotatable bonds is 7. The Hall–Kier alpha value is -2.87. The molecule has 0 aromatic heterocycles. The number of anilines is 2. The van der Waals surface area contributed by atoms with Crippen LogP contribution in [-0.4, -0.2) is 37.9 Å². The molecule has 3 amide bonds. The minimum Gasteiger partial charge on any atom is -0.495 e. The molecule has 29 heavy (non-hydrogen) atoms. The largest absolute Gasteiger partial charge is 0.495 e. The highest BCUT2D eigenvalue weighted by Crippen LogP contribution is 2.34. The molecule has 152 valence electrons. The van der Waals surface area contributed by atoms with Crippen LogP contribution in [0.15, 0.2) is 46.9 Å². The molecule has 2 aromatic carbocycles. The van der Waals surface area contributed by atoms with Gasteiger partial charge < -0.3 is 20.3 Å². The molecule has 3 rings (SSSR count). The lowest BCUT2D eigenvalue weighted by Crippen LogP contribution is -2.27. The van der Waals surface area contributed by atoms with Gasteiger partial charge in [-0.25, -0.2) is 0 Å². The number of carbonyl (C=O) groups is 3. The third-order valence-corrected chi connectivity index (χ3v) is 5.10. The SMILES string of the molecule is COc1ccc(NC(=O)CCNC(=O)c2ccc(Br)cc2)cc1N1CCCC1=O. The number of halogens is 1. The number of nitrogens with zero attached hydrogens (tertiary/aromatic N) is 1. The third-order valence-electron chi connectivity index (χ3n) is 4.57. The maximum Gasteiger partial charge on any atom is 0.251 e. The van der Waals surface area contributed by atoms with E-state index >= 15 is 0 Å². The second-order valence-corrected chi connectivity index (χ2v) is 7.51. The number of benzene rings is 2. The molecule has 0 unspecified atom stereocenters. The minimum absolute atomic E-state index is 0.0439. The summed E-state index contributed by atoms with van der Waals surface area (Å²) in [4.78, 5) is 38.1. The fraction of sp³-hybridized carbons (Fsp3) is 0.286. The van der Waals surface area contributed by atoms with Crippen molar-refractivity contribution in [1.29, 1.82) is 0 Å². The zero-order chi connectivity index (χ0) is 20.8. The van der Waals surface area contributed by atoms with Crippen molar-refractivity contribution in [2.24, 2.45) is 0 Å². The van der Waals surface area contributed by atoms with E-state index in [-0.39, 0.29) is 30.7 Å². The van der Waals surface area contributed by atoms with Crippen LogP contribution < -0.4 is 20.3 Å². The zero-order valence-electron chi connectivity index (χ0n) is 16.0. The normalized spacial score (nSPS) is 13.3. The molecule has 1 heterocycles. The first-order valence-electron chi connectivity index (χ1n) is 9.30. The first-order chi connectivity index (χ1) is 14.0. The van der Waals surface area contributed by atoms with Gasteiger partial charge in [0.2, 0.25) is 11.8 Å². The second-order valence-electron chi connectivity index (χ2n) is 6.60. The molecule has 1 saturated heterocycles. The molecule has 1 fully saturated rings. The van der Waals surface area contributed by atoms with Gasteiger partial charge in [-0.1, -0.05) is 15.9 Å². The standard InChI is InChI=1S/C21H22BrN3O4/c1-29-18-9-8-16(13-17(18)25-12-2-3-20(25)27)24-19(26)10-11-23-21(28)14-4-6-15(22)7-5-14/h4-9,13H,2-3,10-12H2,1H3,(H,23,28)(H,24,26). The van der Waals surface area contributed by atoms with Gasteiger partial charge in [0.1, 0.15) is 5.75 Å². The highest BCUT2D eigenvalue weighted by atomic mass is 79.9. The number of amides is 3. The smallest absolute Gasteiger partial charge is 0.251 e. The maximum absolute atomic E-state index is 12.2. The summed E-state index contributed by atoms with van der Waals surface area (Å²) in [5.74, 6) is 0.164. The molecule has 0 aliphatic carbocycles. The van der Waals surface area contributed by atoms with Crippen LogP contribution in [0, 0.1) is 0 Å².